The minimum atomic E-state index is -2.60. The van der Waals surface area contributed by atoms with Crippen molar-refractivity contribution in [3.05, 3.63) is 62.2 Å². The van der Waals surface area contributed by atoms with Crippen LogP contribution in [0.25, 0.3) is 10.2 Å². The van der Waals surface area contributed by atoms with E-state index in [1.54, 1.807) is 6.07 Å². The lowest BCUT2D eigenvalue weighted by atomic mass is 9.91. The topological polar surface area (TPSA) is 97.5 Å². The molecule has 39 heavy (non-hydrogen) atoms. The SMILES string of the molecule is O=C(CCN(CCNCCc1ccc(O)c2[nH]c(=O)sc12)C1CCC(F)(F)CC1)NCCc1ccc(Cl)cc1. The number of benzene rings is 2. The summed E-state index contributed by atoms with van der Waals surface area (Å²) in [5, 5.41) is 17.0. The second-order valence-corrected chi connectivity index (χ2v) is 11.5. The van der Waals surface area contributed by atoms with E-state index in [4.69, 9.17) is 11.6 Å². The monoisotopic (exact) mass is 580 g/mol. The number of rotatable bonds is 13. The predicted molar refractivity (Wildman–Crippen MR) is 152 cm³/mol. The van der Waals surface area contributed by atoms with Crippen molar-refractivity contribution in [1.82, 2.24) is 20.5 Å². The number of aromatic hydroxyl groups is 1. The summed E-state index contributed by atoms with van der Waals surface area (Å²) in [5.41, 5.74) is 2.53. The van der Waals surface area contributed by atoms with Crippen molar-refractivity contribution >= 4 is 39.1 Å². The van der Waals surface area contributed by atoms with Crippen LogP contribution in [0.15, 0.2) is 41.2 Å². The van der Waals surface area contributed by atoms with Gasteiger partial charge in [0, 0.05) is 56.5 Å². The fourth-order valence-electron chi connectivity index (χ4n) is 5.04. The van der Waals surface area contributed by atoms with Crippen LogP contribution in [0.2, 0.25) is 5.02 Å². The lowest BCUT2D eigenvalue weighted by molar-refractivity contribution is -0.121. The number of nitrogens with one attached hydrogen (secondary N) is 3. The van der Waals surface area contributed by atoms with Gasteiger partial charge in [0.25, 0.3) is 0 Å². The summed E-state index contributed by atoms with van der Waals surface area (Å²) in [6.45, 7) is 3.00. The number of amides is 1. The van der Waals surface area contributed by atoms with Crippen LogP contribution in [-0.2, 0) is 17.6 Å². The molecule has 1 aliphatic rings. The van der Waals surface area contributed by atoms with E-state index in [0.717, 1.165) is 27.2 Å². The van der Waals surface area contributed by atoms with Gasteiger partial charge >= 0.3 is 4.87 Å². The molecule has 1 fully saturated rings. The average molecular weight is 581 g/mol. The Hall–Kier alpha value is -2.53. The molecule has 0 radical (unpaired) electrons. The number of carbonyl (C=O) groups excluding carboxylic acids is 1. The number of fused-ring (bicyclic) bond motifs is 1. The normalized spacial score (nSPS) is 15.7. The Morgan fingerprint density at radius 2 is 1.82 bits per heavy atom. The van der Waals surface area contributed by atoms with E-state index in [2.05, 4.69) is 20.5 Å². The number of phenols is 1. The molecule has 4 rings (SSSR count). The van der Waals surface area contributed by atoms with Crippen molar-refractivity contribution in [1.29, 1.82) is 0 Å². The molecular weight excluding hydrogens is 546 g/mol. The Bertz CT molecular complexity index is 1290. The smallest absolute Gasteiger partial charge is 0.305 e. The highest BCUT2D eigenvalue weighted by atomic mass is 35.5. The fourth-order valence-corrected chi connectivity index (χ4v) is 6.06. The number of carbonyl (C=O) groups is 1. The molecule has 2 aromatic carbocycles. The minimum absolute atomic E-state index is 0.0298. The van der Waals surface area contributed by atoms with Crippen molar-refractivity contribution in [2.75, 3.05) is 32.7 Å². The van der Waals surface area contributed by atoms with Crippen LogP contribution in [0.3, 0.4) is 0 Å². The second kappa shape index (κ2) is 13.7. The van der Waals surface area contributed by atoms with Crippen LogP contribution in [0.4, 0.5) is 8.78 Å². The largest absolute Gasteiger partial charge is 0.506 e. The number of aromatic amines is 1. The summed E-state index contributed by atoms with van der Waals surface area (Å²) >= 11 is 7.00. The minimum Gasteiger partial charge on any atom is -0.506 e. The van der Waals surface area contributed by atoms with Crippen molar-refractivity contribution in [2.24, 2.45) is 0 Å². The molecular formula is C28H35ClF2N4O3S. The molecule has 11 heteroatoms. The number of hydrogen-bond acceptors (Lipinski definition) is 6. The molecule has 1 aromatic heterocycles. The zero-order chi connectivity index (χ0) is 27.8. The van der Waals surface area contributed by atoms with Crippen molar-refractivity contribution < 1.29 is 18.7 Å². The number of thiazole rings is 1. The molecule has 7 nitrogen and oxygen atoms in total. The number of H-pyrrole nitrogens is 1. The van der Waals surface area contributed by atoms with Gasteiger partial charge in [-0.15, -0.1) is 0 Å². The summed E-state index contributed by atoms with van der Waals surface area (Å²) < 4.78 is 28.3. The van der Waals surface area contributed by atoms with E-state index < -0.39 is 5.92 Å². The molecule has 1 heterocycles. The highest BCUT2D eigenvalue weighted by Crippen LogP contribution is 2.35. The predicted octanol–water partition coefficient (Wildman–Crippen LogP) is 4.71. The van der Waals surface area contributed by atoms with Gasteiger partial charge in [-0.2, -0.15) is 0 Å². The van der Waals surface area contributed by atoms with Gasteiger partial charge in [0.05, 0.1) is 4.70 Å². The lowest BCUT2D eigenvalue weighted by Gasteiger charge is -2.37. The molecule has 1 saturated carbocycles. The van der Waals surface area contributed by atoms with Crippen molar-refractivity contribution in [3.63, 3.8) is 0 Å². The number of halogens is 3. The van der Waals surface area contributed by atoms with Gasteiger partial charge in [0.15, 0.2) is 0 Å². The molecule has 1 aliphatic carbocycles. The van der Waals surface area contributed by atoms with Gasteiger partial charge in [-0.25, -0.2) is 8.78 Å². The Labute approximate surface area is 235 Å². The average Bonchev–Trinajstić information content (AvgIpc) is 3.31. The molecule has 0 saturated heterocycles. The van der Waals surface area contributed by atoms with Crippen molar-refractivity contribution in [3.8, 4) is 5.75 Å². The fraction of sp³-hybridized carbons (Fsp3) is 0.500. The summed E-state index contributed by atoms with van der Waals surface area (Å²) in [5.74, 6) is -2.59. The van der Waals surface area contributed by atoms with E-state index >= 15 is 0 Å². The van der Waals surface area contributed by atoms with Crippen LogP contribution >= 0.6 is 22.9 Å². The molecule has 3 aromatic rings. The number of alkyl halides is 2. The highest BCUT2D eigenvalue weighted by molar-refractivity contribution is 7.16. The zero-order valence-electron chi connectivity index (χ0n) is 21.8. The molecule has 0 atom stereocenters. The van der Waals surface area contributed by atoms with Gasteiger partial charge in [-0.1, -0.05) is 41.1 Å². The second-order valence-electron chi connectivity index (χ2n) is 10.1. The van der Waals surface area contributed by atoms with Crippen LogP contribution in [0, 0.1) is 0 Å². The Kier molecular flexibility index (Phi) is 10.3. The van der Waals surface area contributed by atoms with E-state index in [-0.39, 0.29) is 35.4 Å². The highest BCUT2D eigenvalue weighted by Gasteiger charge is 2.36. The maximum Gasteiger partial charge on any atom is 0.305 e. The third-order valence-corrected chi connectivity index (χ3v) is 8.47. The van der Waals surface area contributed by atoms with Crippen LogP contribution in [0.5, 0.6) is 5.75 Å². The van der Waals surface area contributed by atoms with Crippen molar-refractivity contribution in [2.45, 2.75) is 56.9 Å². The third-order valence-electron chi connectivity index (χ3n) is 7.26. The molecule has 0 spiro atoms. The van der Waals surface area contributed by atoms with Gasteiger partial charge in [0.1, 0.15) is 11.3 Å². The van der Waals surface area contributed by atoms with Gasteiger partial charge in [-0.3, -0.25) is 14.5 Å². The number of phenolic OH excluding ortho intramolecular Hbond substituents is 1. The maximum absolute atomic E-state index is 13.8. The van der Waals surface area contributed by atoms with E-state index in [1.807, 2.05) is 30.3 Å². The van der Waals surface area contributed by atoms with E-state index in [9.17, 15) is 23.5 Å². The summed E-state index contributed by atoms with van der Waals surface area (Å²) in [6.07, 6.45) is 2.30. The first-order valence-electron chi connectivity index (χ1n) is 13.4. The molecule has 1 amide bonds. The van der Waals surface area contributed by atoms with Gasteiger partial charge < -0.3 is 20.7 Å². The Balaban J connectivity index is 1.24. The Morgan fingerprint density at radius 1 is 1.08 bits per heavy atom. The first-order valence-corrected chi connectivity index (χ1v) is 14.6. The zero-order valence-corrected chi connectivity index (χ0v) is 23.4. The number of hydrogen-bond donors (Lipinski definition) is 4. The molecule has 0 bridgehead atoms. The maximum atomic E-state index is 13.8. The van der Waals surface area contributed by atoms with Gasteiger partial charge in [-0.05, 0) is 61.6 Å². The van der Waals surface area contributed by atoms with Crippen LogP contribution in [0.1, 0.15) is 43.2 Å². The summed E-state index contributed by atoms with van der Waals surface area (Å²) in [6, 6.07) is 11.0. The number of aromatic nitrogens is 1. The molecule has 0 aliphatic heterocycles. The van der Waals surface area contributed by atoms with Gasteiger partial charge in [0.2, 0.25) is 11.8 Å². The summed E-state index contributed by atoms with van der Waals surface area (Å²) in [7, 11) is 0. The lowest BCUT2D eigenvalue weighted by Crippen LogP contribution is -2.45. The molecule has 212 valence electrons. The molecule has 4 N–H and O–H groups in total. The quantitative estimate of drug-likeness (QED) is 0.220. The first kappa shape index (κ1) is 29.5. The standard InChI is InChI=1S/C28H35ClF2N4O3S/c29-21-4-1-19(2-5-21)9-15-33-24(37)11-17-35(22-7-12-28(30,31)13-8-22)18-16-32-14-10-20-3-6-23(36)25-26(20)39-27(38)34-25/h1-6,22,32,36H,7-18H2,(H,33,37)(H,34,38). The van der Waals surface area contributed by atoms with E-state index in [1.165, 1.54) is 0 Å². The summed E-state index contributed by atoms with van der Waals surface area (Å²) in [4.78, 5) is 28.9. The first-order chi connectivity index (χ1) is 18.7. The molecule has 0 unspecified atom stereocenters. The van der Waals surface area contributed by atoms with Crippen LogP contribution < -0.4 is 15.5 Å². The van der Waals surface area contributed by atoms with E-state index in [0.29, 0.717) is 75.4 Å². The third kappa shape index (κ3) is 8.73. The number of nitrogens with zero attached hydrogens (tertiary/aromatic N) is 1. The van der Waals surface area contributed by atoms with Crippen LogP contribution in [-0.4, -0.2) is 65.6 Å². The Morgan fingerprint density at radius 3 is 2.56 bits per heavy atom.